The van der Waals surface area contributed by atoms with Crippen LogP contribution in [0.1, 0.15) is 23.9 Å². The minimum absolute atomic E-state index is 1.00. The molecule has 0 saturated heterocycles. The predicted molar refractivity (Wildman–Crippen MR) is 55.0 cm³/mol. The van der Waals surface area contributed by atoms with Crippen molar-refractivity contribution < 1.29 is 0 Å². The van der Waals surface area contributed by atoms with Crippen molar-refractivity contribution in [2.75, 3.05) is 13.6 Å². The van der Waals surface area contributed by atoms with Crippen LogP contribution in [0.2, 0.25) is 0 Å². The summed E-state index contributed by atoms with van der Waals surface area (Å²) >= 11 is 0. The highest BCUT2D eigenvalue weighted by Gasteiger charge is 2.09. The van der Waals surface area contributed by atoms with Gasteiger partial charge in [-0.15, -0.1) is 0 Å². The van der Waals surface area contributed by atoms with Crippen molar-refractivity contribution in [1.29, 1.82) is 0 Å². The number of hydrogen-bond acceptors (Lipinski definition) is 2. The highest BCUT2D eigenvalue weighted by molar-refractivity contribution is 5.25. The summed E-state index contributed by atoms with van der Waals surface area (Å²) in [5, 5.41) is 7.64. The van der Waals surface area contributed by atoms with Gasteiger partial charge in [0, 0.05) is 25.7 Å². The smallest absolute Gasteiger partial charge is 0.0671 e. The van der Waals surface area contributed by atoms with E-state index in [1.54, 1.807) is 0 Å². The lowest BCUT2D eigenvalue weighted by Crippen LogP contribution is -2.11. The molecule has 1 aromatic heterocycles. The van der Waals surface area contributed by atoms with Crippen LogP contribution in [0.4, 0.5) is 0 Å². The summed E-state index contributed by atoms with van der Waals surface area (Å²) in [6.45, 7) is 5.32. The third-order valence-electron chi connectivity index (χ3n) is 2.51. The number of nitrogens with one attached hydrogen (secondary N) is 1. The maximum atomic E-state index is 4.50. The molecule has 0 bridgehead atoms. The number of aryl methyl sites for hydroxylation is 1. The summed E-state index contributed by atoms with van der Waals surface area (Å²) in [5.74, 6) is 0. The van der Waals surface area contributed by atoms with E-state index in [-0.39, 0.29) is 0 Å². The first-order valence-electron chi connectivity index (χ1n) is 4.86. The second kappa shape index (κ2) is 4.42. The molecule has 1 rings (SSSR count). The molecule has 0 atom stereocenters. The first kappa shape index (κ1) is 10.3. The molecule has 3 heteroatoms. The van der Waals surface area contributed by atoms with Crippen molar-refractivity contribution in [3.63, 3.8) is 0 Å². The first-order chi connectivity index (χ1) is 6.20. The lowest BCUT2D eigenvalue weighted by molar-refractivity contribution is 0.703. The molecule has 0 aliphatic heterocycles. The van der Waals surface area contributed by atoms with Crippen LogP contribution >= 0.6 is 0 Å². The van der Waals surface area contributed by atoms with E-state index < -0.39 is 0 Å². The Morgan fingerprint density at radius 3 is 2.69 bits per heavy atom. The molecular weight excluding hydrogens is 162 g/mol. The molecule has 1 heterocycles. The fourth-order valence-corrected chi connectivity index (χ4v) is 1.62. The lowest BCUT2D eigenvalue weighted by atomic mass is 10.1. The number of aromatic nitrogens is 2. The summed E-state index contributed by atoms with van der Waals surface area (Å²) in [5.41, 5.74) is 3.96. The average molecular weight is 181 g/mol. The lowest BCUT2D eigenvalue weighted by Gasteiger charge is -1.99. The number of likely N-dealkylation sites (N-methyl/N-ethyl adjacent to an activating group) is 1. The molecule has 13 heavy (non-hydrogen) atoms. The summed E-state index contributed by atoms with van der Waals surface area (Å²) in [7, 11) is 3.98. The van der Waals surface area contributed by atoms with E-state index in [0.29, 0.717) is 0 Å². The Morgan fingerprint density at radius 2 is 2.15 bits per heavy atom. The molecule has 0 spiro atoms. The van der Waals surface area contributed by atoms with Crippen LogP contribution in [-0.4, -0.2) is 23.4 Å². The van der Waals surface area contributed by atoms with Gasteiger partial charge in [-0.1, -0.05) is 6.92 Å². The molecule has 0 aromatic carbocycles. The van der Waals surface area contributed by atoms with Gasteiger partial charge in [0.25, 0.3) is 0 Å². The largest absolute Gasteiger partial charge is 0.319 e. The van der Waals surface area contributed by atoms with E-state index in [4.69, 9.17) is 0 Å². The Bertz CT molecular complexity index is 276. The van der Waals surface area contributed by atoms with E-state index in [2.05, 4.69) is 24.3 Å². The Morgan fingerprint density at radius 1 is 1.46 bits per heavy atom. The second-order valence-corrected chi connectivity index (χ2v) is 3.34. The van der Waals surface area contributed by atoms with Gasteiger partial charge in [-0.25, -0.2) is 0 Å². The van der Waals surface area contributed by atoms with E-state index in [1.807, 2.05) is 18.8 Å². The van der Waals surface area contributed by atoms with Gasteiger partial charge >= 0.3 is 0 Å². The fourth-order valence-electron chi connectivity index (χ4n) is 1.62. The molecule has 0 aliphatic carbocycles. The number of nitrogens with zero attached hydrogens (tertiary/aromatic N) is 2. The summed E-state index contributed by atoms with van der Waals surface area (Å²) in [6, 6.07) is 0. The average Bonchev–Trinajstić information content (AvgIpc) is 2.39. The van der Waals surface area contributed by atoms with Crippen molar-refractivity contribution in [2.45, 2.75) is 26.7 Å². The molecule has 1 aromatic rings. The molecule has 0 amide bonds. The Labute approximate surface area is 80.1 Å². The maximum Gasteiger partial charge on any atom is 0.0671 e. The summed E-state index contributed by atoms with van der Waals surface area (Å²) < 4.78 is 1.98. The summed E-state index contributed by atoms with van der Waals surface area (Å²) in [6.07, 6.45) is 2.11. The highest BCUT2D eigenvalue weighted by atomic mass is 15.3. The SMILES string of the molecule is CCc1c(CCNC)nn(C)c1C. The zero-order chi connectivity index (χ0) is 9.84. The van der Waals surface area contributed by atoms with Gasteiger partial charge in [-0.3, -0.25) is 4.68 Å². The highest BCUT2D eigenvalue weighted by Crippen LogP contribution is 2.13. The molecule has 74 valence electrons. The standard InChI is InChI=1S/C10H19N3/c1-5-9-8(2)13(4)12-10(9)6-7-11-3/h11H,5-7H2,1-4H3. The van der Waals surface area contributed by atoms with Crippen molar-refractivity contribution in [1.82, 2.24) is 15.1 Å². The van der Waals surface area contributed by atoms with Crippen LogP contribution in [0, 0.1) is 6.92 Å². The molecule has 0 saturated carbocycles. The van der Waals surface area contributed by atoms with E-state index in [1.165, 1.54) is 17.0 Å². The molecule has 1 N–H and O–H groups in total. The fraction of sp³-hybridized carbons (Fsp3) is 0.700. The summed E-state index contributed by atoms with van der Waals surface area (Å²) in [4.78, 5) is 0. The maximum absolute atomic E-state index is 4.50. The minimum Gasteiger partial charge on any atom is -0.319 e. The van der Waals surface area contributed by atoms with Crippen LogP contribution in [0.3, 0.4) is 0 Å². The van der Waals surface area contributed by atoms with Crippen LogP contribution in [0.15, 0.2) is 0 Å². The van der Waals surface area contributed by atoms with Gasteiger partial charge in [-0.2, -0.15) is 5.10 Å². The molecule has 0 radical (unpaired) electrons. The topological polar surface area (TPSA) is 29.9 Å². The molecule has 0 fully saturated rings. The molecule has 0 aliphatic rings. The Hall–Kier alpha value is -0.830. The normalized spacial score (nSPS) is 10.8. The van der Waals surface area contributed by atoms with Crippen molar-refractivity contribution >= 4 is 0 Å². The van der Waals surface area contributed by atoms with E-state index >= 15 is 0 Å². The molecule has 0 unspecified atom stereocenters. The Balaban J connectivity index is 2.86. The van der Waals surface area contributed by atoms with E-state index in [0.717, 1.165) is 19.4 Å². The quantitative estimate of drug-likeness (QED) is 0.752. The predicted octanol–water partition coefficient (Wildman–Crippen LogP) is 1.05. The molecular formula is C10H19N3. The van der Waals surface area contributed by atoms with Crippen LogP contribution in [-0.2, 0) is 19.9 Å². The second-order valence-electron chi connectivity index (χ2n) is 3.34. The van der Waals surface area contributed by atoms with Crippen molar-refractivity contribution in [2.24, 2.45) is 7.05 Å². The monoisotopic (exact) mass is 181 g/mol. The van der Waals surface area contributed by atoms with Gasteiger partial charge < -0.3 is 5.32 Å². The first-order valence-corrected chi connectivity index (χ1v) is 4.86. The zero-order valence-electron chi connectivity index (χ0n) is 9.02. The van der Waals surface area contributed by atoms with Crippen molar-refractivity contribution in [3.05, 3.63) is 17.0 Å². The van der Waals surface area contributed by atoms with Gasteiger partial charge in [0.1, 0.15) is 0 Å². The van der Waals surface area contributed by atoms with Gasteiger partial charge in [0.15, 0.2) is 0 Å². The third kappa shape index (κ3) is 2.10. The van der Waals surface area contributed by atoms with Gasteiger partial charge in [0.05, 0.1) is 5.69 Å². The zero-order valence-corrected chi connectivity index (χ0v) is 9.02. The number of rotatable bonds is 4. The molecule has 3 nitrogen and oxygen atoms in total. The van der Waals surface area contributed by atoms with Gasteiger partial charge in [-0.05, 0) is 26.0 Å². The number of hydrogen-bond donors (Lipinski definition) is 1. The van der Waals surface area contributed by atoms with Crippen LogP contribution in [0.5, 0.6) is 0 Å². The van der Waals surface area contributed by atoms with Gasteiger partial charge in [0.2, 0.25) is 0 Å². The van der Waals surface area contributed by atoms with Crippen LogP contribution < -0.4 is 5.32 Å². The third-order valence-corrected chi connectivity index (χ3v) is 2.51. The van der Waals surface area contributed by atoms with E-state index in [9.17, 15) is 0 Å². The van der Waals surface area contributed by atoms with Crippen molar-refractivity contribution in [3.8, 4) is 0 Å². The minimum atomic E-state index is 1.00. The Kier molecular flexibility index (Phi) is 3.48. The van der Waals surface area contributed by atoms with Crippen LogP contribution in [0.25, 0.3) is 0 Å².